The number of non-ortho nitro benzene ring substituents is 1. The normalized spacial score (nSPS) is 16.5. The van der Waals surface area contributed by atoms with Crippen molar-refractivity contribution in [3.63, 3.8) is 0 Å². The number of rotatable bonds is 5. The van der Waals surface area contributed by atoms with Crippen LogP contribution in [0.2, 0.25) is 0 Å². The summed E-state index contributed by atoms with van der Waals surface area (Å²) < 4.78 is 0. The highest BCUT2D eigenvalue weighted by Gasteiger charge is 2.41. The topological polar surface area (TPSA) is 101 Å². The van der Waals surface area contributed by atoms with E-state index in [4.69, 9.17) is 10.8 Å². The van der Waals surface area contributed by atoms with E-state index < -0.39 is 4.92 Å². The Labute approximate surface area is 98.6 Å². The minimum Gasteiger partial charge on any atom is -0.398 e. The summed E-state index contributed by atoms with van der Waals surface area (Å²) in [7, 11) is 0. The van der Waals surface area contributed by atoms with Gasteiger partial charge in [0.1, 0.15) is 0 Å². The maximum atomic E-state index is 10.7. The molecule has 0 spiro atoms. The fraction of sp³-hybridized carbons (Fsp3) is 0.455. The van der Waals surface area contributed by atoms with Gasteiger partial charge in [0.15, 0.2) is 0 Å². The highest BCUT2D eigenvalue weighted by atomic mass is 16.6. The molecule has 1 aliphatic carbocycles. The Morgan fingerprint density at radius 2 is 2.18 bits per heavy atom. The molecule has 0 radical (unpaired) electrons. The maximum absolute atomic E-state index is 10.7. The third-order valence-electron chi connectivity index (χ3n) is 3.11. The van der Waals surface area contributed by atoms with Crippen LogP contribution in [0, 0.1) is 15.5 Å². The van der Waals surface area contributed by atoms with E-state index in [1.165, 1.54) is 12.1 Å². The third kappa shape index (κ3) is 2.65. The van der Waals surface area contributed by atoms with Crippen LogP contribution in [0.4, 0.5) is 17.1 Å². The molecule has 92 valence electrons. The Kier molecular flexibility index (Phi) is 2.89. The molecule has 6 heteroatoms. The number of anilines is 2. The molecule has 0 aromatic heterocycles. The van der Waals surface area contributed by atoms with Crippen LogP contribution in [0.25, 0.3) is 0 Å². The summed E-state index contributed by atoms with van der Waals surface area (Å²) in [5, 5.41) is 22.9. The van der Waals surface area contributed by atoms with Gasteiger partial charge in [0, 0.05) is 35.5 Å². The Balaban J connectivity index is 2.07. The van der Waals surface area contributed by atoms with Crippen molar-refractivity contribution < 1.29 is 10.0 Å². The van der Waals surface area contributed by atoms with Gasteiger partial charge in [0.25, 0.3) is 5.69 Å². The number of nitrogens with one attached hydrogen (secondary N) is 1. The van der Waals surface area contributed by atoms with Crippen LogP contribution in [-0.2, 0) is 0 Å². The zero-order valence-corrected chi connectivity index (χ0v) is 9.35. The van der Waals surface area contributed by atoms with Crippen LogP contribution in [0.5, 0.6) is 0 Å². The first kappa shape index (κ1) is 11.7. The van der Waals surface area contributed by atoms with Crippen LogP contribution in [0.15, 0.2) is 18.2 Å². The van der Waals surface area contributed by atoms with Gasteiger partial charge < -0.3 is 16.2 Å². The van der Waals surface area contributed by atoms with E-state index in [9.17, 15) is 10.1 Å². The molecular weight excluding hydrogens is 222 g/mol. The number of aliphatic hydroxyl groups is 1. The fourth-order valence-corrected chi connectivity index (χ4v) is 1.70. The van der Waals surface area contributed by atoms with Gasteiger partial charge in [-0.05, 0) is 18.9 Å². The monoisotopic (exact) mass is 237 g/mol. The van der Waals surface area contributed by atoms with E-state index in [1.807, 2.05) is 0 Å². The molecular formula is C11H15N3O3. The summed E-state index contributed by atoms with van der Waals surface area (Å²) >= 11 is 0. The van der Waals surface area contributed by atoms with E-state index in [0.717, 1.165) is 12.8 Å². The molecule has 1 aliphatic rings. The predicted molar refractivity (Wildman–Crippen MR) is 64.8 cm³/mol. The van der Waals surface area contributed by atoms with Gasteiger partial charge in [-0.1, -0.05) is 0 Å². The van der Waals surface area contributed by atoms with Crippen LogP contribution in [0.1, 0.15) is 12.8 Å². The molecule has 4 N–H and O–H groups in total. The lowest BCUT2D eigenvalue weighted by Gasteiger charge is -2.14. The van der Waals surface area contributed by atoms with E-state index in [2.05, 4.69) is 5.32 Å². The molecule has 1 aromatic carbocycles. The number of nitrogens with two attached hydrogens (primary N) is 1. The smallest absolute Gasteiger partial charge is 0.273 e. The number of hydrogen-bond acceptors (Lipinski definition) is 5. The first-order valence-electron chi connectivity index (χ1n) is 5.44. The molecule has 17 heavy (non-hydrogen) atoms. The second-order valence-electron chi connectivity index (χ2n) is 4.58. The minimum absolute atomic E-state index is 0.0265. The van der Waals surface area contributed by atoms with Gasteiger partial charge in [0.05, 0.1) is 11.5 Å². The van der Waals surface area contributed by atoms with Crippen LogP contribution < -0.4 is 11.1 Å². The first-order chi connectivity index (χ1) is 8.04. The molecule has 1 saturated carbocycles. The van der Waals surface area contributed by atoms with Gasteiger partial charge in [-0.25, -0.2) is 0 Å². The van der Waals surface area contributed by atoms with Crippen molar-refractivity contribution >= 4 is 17.1 Å². The largest absolute Gasteiger partial charge is 0.398 e. The van der Waals surface area contributed by atoms with Crippen molar-refractivity contribution in [3.05, 3.63) is 28.3 Å². The molecule has 0 unspecified atom stereocenters. The predicted octanol–water partition coefficient (Wildman–Crippen LogP) is 1.36. The Morgan fingerprint density at radius 3 is 2.71 bits per heavy atom. The lowest BCUT2D eigenvalue weighted by molar-refractivity contribution is -0.384. The van der Waals surface area contributed by atoms with Crippen molar-refractivity contribution in [2.24, 2.45) is 5.41 Å². The standard InChI is InChI=1S/C11H15N3O3/c12-8-3-9(5-10(4-8)14(16)17)13-6-11(7-15)1-2-11/h3-5,13,15H,1-2,6-7,12H2. The van der Waals surface area contributed by atoms with Gasteiger partial charge in [0.2, 0.25) is 0 Å². The molecule has 0 heterocycles. The van der Waals surface area contributed by atoms with Crippen LogP contribution in [0.3, 0.4) is 0 Å². The highest BCUT2D eigenvalue weighted by Crippen LogP contribution is 2.45. The SMILES string of the molecule is Nc1cc(NCC2(CO)CC2)cc([N+](=O)[O-])c1. The van der Waals surface area contributed by atoms with Gasteiger partial charge in [-0.15, -0.1) is 0 Å². The molecule has 0 saturated heterocycles. The van der Waals surface area contributed by atoms with E-state index in [1.54, 1.807) is 6.07 Å². The van der Waals surface area contributed by atoms with Gasteiger partial charge in [-0.3, -0.25) is 10.1 Å². The average Bonchev–Trinajstić information content (AvgIpc) is 3.06. The summed E-state index contributed by atoms with van der Waals surface area (Å²) in [6, 6.07) is 4.42. The Hall–Kier alpha value is -1.82. The van der Waals surface area contributed by atoms with Gasteiger partial charge in [-0.2, -0.15) is 0 Å². The fourth-order valence-electron chi connectivity index (χ4n) is 1.70. The maximum Gasteiger partial charge on any atom is 0.273 e. The Morgan fingerprint density at radius 1 is 1.47 bits per heavy atom. The van der Waals surface area contributed by atoms with Crippen molar-refractivity contribution in [2.75, 3.05) is 24.2 Å². The molecule has 0 bridgehead atoms. The lowest BCUT2D eigenvalue weighted by atomic mass is 10.1. The Bertz CT molecular complexity index is 444. The van der Waals surface area contributed by atoms with Crippen molar-refractivity contribution in [2.45, 2.75) is 12.8 Å². The van der Waals surface area contributed by atoms with E-state index >= 15 is 0 Å². The second kappa shape index (κ2) is 4.21. The zero-order valence-electron chi connectivity index (χ0n) is 9.35. The van der Waals surface area contributed by atoms with E-state index in [-0.39, 0.29) is 17.7 Å². The number of nitro benzene ring substituents is 1. The zero-order chi connectivity index (χ0) is 12.5. The van der Waals surface area contributed by atoms with Crippen molar-refractivity contribution in [1.29, 1.82) is 0 Å². The molecule has 6 nitrogen and oxygen atoms in total. The molecule has 0 aliphatic heterocycles. The summed E-state index contributed by atoms with van der Waals surface area (Å²) in [5.41, 5.74) is 6.50. The quantitative estimate of drug-likeness (QED) is 0.407. The minimum atomic E-state index is -0.472. The number of nitrogen functional groups attached to an aromatic ring is 1. The number of benzene rings is 1. The summed E-state index contributed by atoms with van der Waals surface area (Å²) in [6.07, 6.45) is 1.97. The molecule has 1 fully saturated rings. The van der Waals surface area contributed by atoms with Crippen LogP contribution >= 0.6 is 0 Å². The number of hydrogen-bond donors (Lipinski definition) is 3. The third-order valence-corrected chi connectivity index (χ3v) is 3.11. The molecule has 2 rings (SSSR count). The molecule has 0 amide bonds. The lowest BCUT2D eigenvalue weighted by Crippen LogP contribution is -2.19. The van der Waals surface area contributed by atoms with Gasteiger partial charge >= 0.3 is 0 Å². The first-order valence-corrected chi connectivity index (χ1v) is 5.44. The number of aliphatic hydroxyl groups excluding tert-OH is 1. The van der Waals surface area contributed by atoms with E-state index in [0.29, 0.717) is 17.9 Å². The summed E-state index contributed by atoms with van der Waals surface area (Å²) in [4.78, 5) is 10.2. The van der Waals surface area contributed by atoms with Crippen molar-refractivity contribution in [3.8, 4) is 0 Å². The summed E-state index contributed by atoms with van der Waals surface area (Å²) in [5.74, 6) is 0. The van der Waals surface area contributed by atoms with Crippen LogP contribution in [-0.4, -0.2) is 23.2 Å². The summed E-state index contributed by atoms with van der Waals surface area (Å²) in [6.45, 7) is 0.758. The number of nitrogens with zero attached hydrogens (tertiary/aromatic N) is 1. The second-order valence-corrected chi connectivity index (χ2v) is 4.58. The van der Waals surface area contributed by atoms with Crippen molar-refractivity contribution in [1.82, 2.24) is 0 Å². The molecule has 1 aromatic rings. The average molecular weight is 237 g/mol. The molecule has 0 atom stereocenters. The number of nitro groups is 1. The highest BCUT2D eigenvalue weighted by molar-refractivity contribution is 5.61.